The van der Waals surface area contributed by atoms with Crippen molar-refractivity contribution in [3.05, 3.63) is 0 Å². The summed E-state index contributed by atoms with van der Waals surface area (Å²) in [5, 5.41) is 24.8. The maximum Gasteiger partial charge on any atom is 0.328 e. The fourth-order valence-corrected chi connectivity index (χ4v) is 12.0. The van der Waals surface area contributed by atoms with Crippen LogP contribution in [-0.4, -0.2) is 120 Å². The number of aliphatic hydroxyl groups is 1. The van der Waals surface area contributed by atoms with E-state index in [4.69, 9.17) is 41.0 Å². The van der Waals surface area contributed by atoms with Crippen LogP contribution in [0.4, 0.5) is 0 Å². The summed E-state index contributed by atoms with van der Waals surface area (Å²) in [6.45, 7) is 10.3. The van der Waals surface area contributed by atoms with E-state index in [1.165, 1.54) is 0 Å². The van der Waals surface area contributed by atoms with Gasteiger partial charge in [-0.05, 0) is 58.0 Å². The first-order valence-corrected chi connectivity index (χ1v) is 20.8. The summed E-state index contributed by atoms with van der Waals surface area (Å²) in [5.74, 6) is -4.98. The van der Waals surface area contributed by atoms with Crippen molar-refractivity contribution in [3.63, 3.8) is 0 Å². The number of carboxylic acids is 1. The van der Waals surface area contributed by atoms with Gasteiger partial charge in [0.2, 0.25) is 17.7 Å². The first-order chi connectivity index (χ1) is 20.4. The molecule has 19 heteroatoms. The Hall–Kier alpha value is -3.11. The molecule has 3 amide bonds. The van der Waals surface area contributed by atoms with Crippen molar-refractivity contribution in [2.45, 2.75) is 82.6 Å². The van der Waals surface area contributed by atoms with Crippen molar-refractivity contribution in [1.82, 2.24) is 16.0 Å². The van der Waals surface area contributed by atoms with E-state index in [0.29, 0.717) is 13.0 Å². The molecule has 0 aromatic carbocycles. The number of guanidine groups is 1. The number of amides is 3. The maximum absolute atomic E-state index is 12.7. The third kappa shape index (κ3) is 20.7. The molecule has 0 aliphatic rings. The number of ether oxygens (including phenoxy) is 2. The Morgan fingerprint density at radius 2 is 1.57 bits per heavy atom. The molecule has 0 rings (SSSR count). The molecule has 3 atom stereocenters. The van der Waals surface area contributed by atoms with Crippen LogP contribution in [0.2, 0.25) is 38.8 Å². The Morgan fingerprint density at radius 3 is 2.14 bits per heavy atom. The molecule has 0 fully saturated rings. The molecule has 0 bridgehead atoms. The van der Waals surface area contributed by atoms with Crippen molar-refractivity contribution in [2.24, 2.45) is 22.2 Å². The van der Waals surface area contributed by atoms with Crippen LogP contribution in [0.3, 0.4) is 0 Å². The van der Waals surface area contributed by atoms with E-state index in [-0.39, 0.29) is 32.1 Å². The van der Waals surface area contributed by atoms with Crippen LogP contribution < -0.4 is 33.2 Å². The van der Waals surface area contributed by atoms with Gasteiger partial charge in [0.1, 0.15) is 24.7 Å². The number of esters is 1. The lowest BCUT2D eigenvalue weighted by molar-refractivity contribution is -0.149. The summed E-state index contributed by atoms with van der Waals surface area (Å²) in [7, 11) is -3.39. The van der Waals surface area contributed by atoms with Crippen molar-refractivity contribution in [3.8, 4) is 0 Å². The Labute approximate surface area is 260 Å². The summed E-state index contributed by atoms with van der Waals surface area (Å²) in [6.07, 6.45) is 0.449. The highest BCUT2D eigenvalue weighted by Gasteiger charge is 2.29. The SMILES string of the molecule is C[Si](C)(C)O[Si](C)(C)CCCOCCOC(=O)C(CCCN=C(N)N)NC(=O)CNC(=O)C(CC(=O)O)NC(=O)C(N)CO. The average molecular weight is 666 g/mol. The second-order valence-corrected chi connectivity index (χ2v) is 20.7. The first-order valence-electron chi connectivity index (χ1n) is 14.3. The van der Waals surface area contributed by atoms with Crippen LogP contribution in [-0.2, 0) is 37.6 Å². The summed E-state index contributed by atoms with van der Waals surface area (Å²) in [5.41, 5.74) is 16.0. The van der Waals surface area contributed by atoms with Crippen molar-refractivity contribution in [1.29, 1.82) is 0 Å². The molecule has 0 aromatic rings. The number of nitrogens with one attached hydrogen (secondary N) is 3. The Kier molecular flexibility index (Phi) is 19.3. The van der Waals surface area contributed by atoms with Gasteiger partial charge in [0.15, 0.2) is 22.6 Å². The monoisotopic (exact) mass is 665 g/mol. The molecule has 3 unspecified atom stereocenters. The Morgan fingerprint density at radius 1 is 0.909 bits per heavy atom. The number of aliphatic imine (C=N–C) groups is 1. The van der Waals surface area contributed by atoms with Gasteiger partial charge in [-0.15, -0.1) is 0 Å². The number of hydrogen-bond donors (Lipinski definition) is 8. The number of nitrogens with zero attached hydrogens (tertiary/aromatic N) is 1. The van der Waals surface area contributed by atoms with E-state index >= 15 is 0 Å². The third-order valence-corrected chi connectivity index (χ3v) is 11.9. The molecule has 17 nitrogen and oxygen atoms in total. The molecule has 254 valence electrons. The molecule has 44 heavy (non-hydrogen) atoms. The van der Waals surface area contributed by atoms with Gasteiger partial charge in [-0.3, -0.25) is 24.2 Å². The molecule has 0 heterocycles. The van der Waals surface area contributed by atoms with Crippen LogP contribution in [0.5, 0.6) is 0 Å². The fourth-order valence-electron chi connectivity index (χ4n) is 3.92. The van der Waals surface area contributed by atoms with Crippen molar-refractivity contribution < 1.29 is 47.8 Å². The Bertz CT molecular complexity index is 975. The van der Waals surface area contributed by atoms with Gasteiger partial charge in [-0.2, -0.15) is 0 Å². The van der Waals surface area contributed by atoms with Gasteiger partial charge in [-0.1, -0.05) is 0 Å². The van der Waals surface area contributed by atoms with Gasteiger partial charge >= 0.3 is 11.9 Å². The van der Waals surface area contributed by atoms with E-state index in [2.05, 4.69) is 53.7 Å². The van der Waals surface area contributed by atoms with Gasteiger partial charge in [0.25, 0.3) is 0 Å². The number of carbonyl (C=O) groups excluding carboxylic acids is 4. The molecule has 0 saturated carbocycles. The smallest absolute Gasteiger partial charge is 0.328 e. The maximum atomic E-state index is 12.7. The first kappa shape index (κ1) is 40.9. The lowest BCUT2D eigenvalue weighted by Gasteiger charge is -2.31. The average Bonchev–Trinajstić information content (AvgIpc) is 2.89. The molecule has 0 radical (unpaired) electrons. The lowest BCUT2D eigenvalue weighted by Crippen LogP contribution is -2.54. The number of carbonyl (C=O) groups is 5. The molecule has 11 N–H and O–H groups in total. The molecular formula is C25H51N7O10Si2. The number of hydrogen-bond acceptors (Lipinski definition) is 11. The van der Waals surface area contributed by atoms with E-state index in [1.54, 1.807) is 0 Å². The second kappa shape index (κ2) is 20.8. The standard InChI is InChI=1S/C25H51N7O10Si2/c1-43(2,3)42-44(4,5)13-7-10-40-11-12-41-24(39)18(8-6-9-29-25(27)28)31-20(34)15-30-23(38)19(14-21(35)36)32-22(37)17(26)16-33/h17-19,33H,6-16,26H2,1-5H3,(H,30,38)(H,31,34)(H,32,37)(H,35,36)(H4,27,28,29). The van der Waals surface area contributed by atoms with Gasteiger partial charge in [-0.25, -0.2) is 4.79 Å². The summed E-state index contributed by atoms with van der Waals surface area (Å²) < 4.78 is 17.2. The Balaban J connectivity index is 4.93. The largest absolute Gasteiger partial charge is 0.481 e. The number of rotatable bonds is 23. The van der Waals surface area contributed by atoms with Crippen LogP contribution in [0, 0.1) is 0 Å². The zero-order valence-corrected chi connectivity index (χ0v) is 28.3. The van der Waals surface area contributed by atoms with E-state index < -0.39 is 84.0 Å². The summed E-state index contributed by atoms with van der Waals surface area (Å²) in [6, 6.07) is -3.10. The zero-order chi connectivity index (χ0) is 33.9. The topological polar surface area (TPSA) is 280 Å². The molecule has 0 aromatic heterocycles. The number of aliphatic hydroxyl groups excluding tert-OH is 1. The van der Waals surface area contributed by atoms with E-state index in [0.717, 1.165) is 12.5 Å². The molecule has 0 spiro atoms. The predicted molar refractivity (Wildman–Crippen MR) is 167 cm³/mol. The highest BCUT2D eigenvalue weighted by Crippen LogP contribution is 2.19. The van der Waals surface area contributed by atoms with Gasteiger partial charge in [0, 0.05) is 13.2 Å². The van der Waals surface area contributed by atoms with Crippen LogP contribution in [0.1, 0.15) is 25.7 Å². The van der Waals surface area contributed by atoms with Gasteiger partial charge in [0.05, 0.1) is 26.2 Å². The number of aliphatic carboxylic acids is 1. The van der Waals surface area contributed by atoms with Crippen molar-refractivity contribution >= 4 is 52.3 Å². The van der Waals surface area contributed by atoms with Crippen LogP contribution in [0.25, 0.3) is 0 Å². The predicted octanol–water partition coefficient (Wildman–Crippen LogP) is -2.07. The molecule has 0 aliphatic heterocycles. The minimum atomic E-state index is -1.77. The highest BCUT2D eigenvalue weighted by atomic mass is 28.4. The quantitative estimate of drug-likeness (QED) is 0.0192. The van der Waals surface area contributed by atoms with Crippen LogP contribution >= 0.6 is 0 Å². The minimum absolute atomic E-state index is 0.0470. The fraction of sp³-hybridized carbons (Fsp3) is 0.760. The normalized spacial score (nSPS) is 13.6. The van der Waals surface area contributed by atoms with Gasteiger partial charge < -0.3 is 57.0 Å². The third-order valence-electron chi connectivity index (χ3n) is 5.66. The summed E-state index contributed by atoms with van der Waals surface area (Å²) in [4.78, 5) is 64.6. The summed E-state index contributed by atoms with van der Waals surface area (Å²) >= 11 is 0. The highest BCUT2D eigenvalue weighted by molar-refractivity contribution is 6.84. The molecular weight excluding hydrogens is 614 g/mol. The number of carboxylic acid groups (broad SMARTS) is 1. The number of nitrogens with two attached hydrogens (primary N) is 3. The minimum Gasteiger partial charge on any atom is -0.481 e. The lowest BCUT2D eigenvalue weighted by atomic mass is 10.1. The zero-order valence-electron chi connectivity index (χ0n) is 26.3. The molecule has 0 aliphatic carbocycles. The molecule has 0 saturated heterocycles. The van der Waals surface area contributed by atoms with Crippen LogP contribution in [0.15, 0.2) is 4.99 Å². The van der Waals surface area contributed by atoms with E-state index in [1.807, 2.05) is 0 Å². The second-order valence-electron chi connectivity index (χ2n) is 11.6. The van der Waals surface area contributed by atoms with E-state index in [9.17, 15) is 24.0 Å². The van der Waals surface area contributed by atoms with Crippen molar-refractivity contribution in [2.75, 3.05) is 39.5 Å².